The van der Waals surface area contributed by atoms with E-state index in [4.69, 9.17) is 5.26 Å². The first-order valence-electron chi connectivity index (χ1n) is 6.45. The molecule has 1 aromatic rings. The highest BCUT2D eigenvalue weighted by molar-refractivity contribution is 7.89. The van der Waals surface area contributed by atoms with Crippen molar-refractivity contribution < 1.29 is 8.42 Å². The van der Waals surface area contributed by atoms with Gasteiger partial charge in [0.1, 0.15) is 0 Å². The minimum absolute atomic E-state index is 0.199. The third-order valence-corrected chi connectivity index (χ3v) is 4.43. The predicted octanol–water partition coefficient (Wildman–Crippen LogP) is 2.75. The van der Waals surface area contributed by atoms with Crippen LogP contribution in [0.1, 0.15) is 38.2 Å². The van der Waals surface area contributed by atoms with Gasteiger partial charge in [-0.15, -0.1) is 0 Å². The number of sulfonamides is 1. The van der Waals surface area contributed by atoms with Crippen LogP contribution in [0.15, 0.2) is 29.2 Å². The number of aryl methyl sites for hydroxylation is 1. The summed E-state index contributed by atoms with van der Waals surface area (Å²) >= 11 is 0. The van der Waals surface area contributed by atoms with Crippen LogP contribution in [-0.2, 0) is 10.0 Å². The first kappa shape index (κ1) is 15.7. The molecule has 0 amide bonds. The maximum Gasteiger partial charge on any atom is 0.240 e. The van der Waals surface area contributed by atoms with E-state index in [1.54, 1.807) is 24.3 Å². The number of hydrogen-bond donors (Lipinski definition) is 1. The van der Waals surface area contributed by atoms with Crippen LogP contribution in [0.3, 0.4) is 0 Å². The van der Waals surface area contributed by atoms with Crippen LogP contribution in [0.2, 0.25) is 0 Å². The van der Waals surface area contributed by atoms with Gasteiger partial charge in [0.25, 0.3) is 0 Å². The third kappa shape index (κ3) is 5.01. The molecule has 0 aliphatic heterocycles. The second-order valence-corrected chi connectivity index (χ2v) is 6.35. The summed E-state index contributed by atoms with van der Waals surface area (Å²) < 4.78 is 27.0. The second-order valence-electron chi connectivity index (χ2n) is 4.64. The smallest absolute Gasteiger partial charge is 0.207 e. The van der Waals surface area contributed by atoms with Gasteiger partial charge >= 0.3 is 0 Å². The lowest BCUT2D eigenvalue weighted by atomic mass is 10.1. The van der Waals surface area contributed by atoms with E-state index >= 15 is 0 Å². The van der Waals surface area contributed by atoms with Crippen LogP contribution < -0.4 is 4.72 Å². The van der Waals surface area contributed by atoms with Crippen LogP contribution in [0.4, 0.5) is 0 Å². The van der Waals surface area contributed by atoms with E-state index in [2.05, 4.69) is 4.72 Å². The number of nitrogens with one attached hydrogen (secondary N) is 1. The molecule has 1 aromatic carbocycles. The standard InChI is InChI=1S/C14H20N2O2S/c1-3-4-5-13(10-11-15)16-19(17,18)14-8-6-12(2)7-9-14/h6-9,13,16H,3-5,10H2,1-2H3/t13-/m1/s1. The first-order valence-corrected chi connectivity index (χ1v) is 7.94. The zero-order valence-corrected chi connectivity index (χ0v) is 12.2. The highest BCUT2D eigenvalue weighted by Crippen LogP contribution is 2.13. The van der Waals surface area contributed by atoms with Crippen molar-refractivity contribution in [2.75, 3.05) is 0 Å². The molecule has 1 atom stereocenters. The van der Waals surface area contributed by atoms with E-state index in [1.807, 2.05) is 19.9 Å². The molecule has 0 aliphatic rings. The number of hydrogen-bond acceptors (Lipinski definition) is 3. The van der Waals surface area contributed by atoms with E-state index in [0.29, 0.717) is 6.42 Å². The minimum Gasteiger partial charge on any atom is -0.207 e. The van der Waals surface area contributed by atoms with Crippen LogP contribution >= 0.6 is 0 Å². The molecule has 0 spiro atoms. The topological polar surface area (TPSA) is 70.0 Å². The Labute approximate surface area is 115 Å². The lowest BCUT2D eigenvalue weighted by molar-refractivity contribution is 0.516. The Morgan fingerprint density at radius 3 is 2.47 bits per heavy atom. The van der Waals surface area contributed by atoms with Crippen molar-refractivity contribution in [1.82, 2.24) is 4.72 Å². The Kier molecular flexibility index (Phi) is 6.00. The van der Waals surface area contributed by atoms with Gasteiger partial charge in [0.05, 0.1) is 17.4 Å². The van der Waals surface area contributed by atoms with Crippen molar-refractivity contribution in [3.63, 3.8) is 0 Å². The minimum atomic E-state index is -3.53. The number of unbranched alkanes of at least 4 members (excludes halogenated alkanes) is 1. The number of nitriles is 1. The van der Waals surface area contributed by atoms with Crippen LogP contribution in [-0.4, -0.2) is 14.5 Å². The number of nitrogens with zero attached hydrogens (tertiary/aromatic N) is 1. The zero-order valence-electron chi connectivity index (χ0n) is 11.4. The molecule has 0 heterocycles. The van der Waals surface area contributed by atoms with Crippen LogP contribution in [0.25, 0.3) is 0 Å². The molecule has 0 fully saturated rings. The molecule has 1 N–H and O–H groups in total. The van der Waals surface area contributed by atoms with Gasteiger partial charge in [-0.3, -0.25) is 0 Å². The van der Waals surface area contributed by atoms with E-state index in [0.717, 1.165) is 18.4 Å². The summed E-state index contributed by atoms with van der Waals surface area (Å²) in [4.78, 5) is 0.248. The maximum absolute atomic E-state index is 12.2. The highest BCUT2D eigenvalue weighted by Gasteiger charge is 2.19. The SMILES string of the molecule is CCCC[C@H](CC#N)NS(=O)(=O)c1ccc(C)cc1. The molecule has 4 nitrogen and oxygen atoms in total. The summed E-state index contributed by atoms with van der Waals surface area (Å²) in [6, 6.07) is 8.42. The Balaban J connectivity index is 2.81. The molecule has 0 aromatic heterocycles. The summed E-state index contributed by atoms with van der Waals surface area (Å²) in [5, 5.41) is 8.75. The van der Waals surface area contributed by atoms with E-state index in [-0.39, 0.29) is 17.4 Å². The molecule has 0 radical (unpaired) electrons. The van der Waals surface area contributed by atoms with E-state index in [9.17, 15) is 8.42 Å². The van der Waals surface area contributed by atoms with Crippen molar-refractivity contribution in [1.29, 1.82) is 5.26 Å². The van der Waals surface area contributed by atoms with E-state index < -0.39 is 10.0 Å². The Bertz CT molecular complexity index is 530. The summed E-state index contributed by atoms with van der Waals surface area (Å²) in [5.74, 6) is 0. The van der Waals surface area contributed by atoms with Crippen molar-refractivity contribution in [3.05, 3.63) is 29.8 Å². The molecule has 0 bridgehead atoms. The summed E-state index contributed by atoms with van der Waals surface area (Å²) in [7, 11) is -3.53. The quantitative estimate of drug-likeness (QED) is 0.835. The summed E-state index contributed by atoms with van der Waals surface area (Å²) in [6.07, 6.45) is 2.77. The summed E-state index contributed by atoms with van der Waals surface area (Å²) in [5.41, 5.74) is 1.01. The summed E-state index contributed by atoms with van der Waals surface area (Å²) in [6.45, 7) is 3.95. The van der Waals surface area contributed by atoms with Crippen LogP contribution in [0.5, 0.6) is 0 Å². The van der Waals surface area contributed by atoms with E-state index in [1.165, 1.54) is 0 Å². The van der Waals surface area contributed by atoms with Gasteiger partial charge in [0.15, 0.2) is 0 Å². The van der Waals surface area contributed by atoms with Gasteiger partial charge < -0.3 is 0 Å². The van der Waals surface area contributed by atoms with Gasteiger partial charge in [-0.1, -0.05) is 37.5 Å². The van der Waals surface area contributed by atoms with Gasteiger partial charge in [-0.2, -0.15) is 5.26 Å². The molecule has 5 heteroatoms. The fraction of sp³-hybridized carbons (Fsp3) is 0.500. The average Bonchev–Trinajstić information content (AvgIpc) is 2.36. The molecule has 0 unspecified atom stereocenters. The van der Waals surface area contributed by atoms with Gasteiger partial charge in [0, 0.05) is 6.04 Å². The van der Waals surface area contributed by atoms with Crippen molar-refractivity contribution in [2.45, 2.75) is 50.5 Å². The van der Waals surface area contributed by atoms with Gasteiger partial charge in [-0.05, 0) is 25.5 Å². The molecule has 0 aliphatic carbocycles. The molecule has 0 saturated carbocycles. The fourth-order valence-corrected chi connectivity index (χ4v) is 3.04. The van der Waals surface area contributed by atoms with Crippen molar-refractivity contribution >= 4 is 10.0 Å². The van der Waals surface area contributed by atoms with Crippen LogP contribution in [0, 0.1) is 18.3 Å². The fourth-order valence-electron chi connectivity index (χ4n) is 1.77. The van der Waals surface area contributed by atoms with Crippen molar-refractivity contribution in [3.8, 4) is 6.07 Å². The normalized spacial score (nSPS) is 12.9. The molecular formula is C14H20N2O2S. The average molecular weight is 280 g/mol. The van der Waals surface area contributed by atoms with Gasteiger partial charge in [0.2, 0.25) is 10.0 Å². The number of benzene rings is 1. The second kappa shape index (κ2) is 7.27. The molecule has 104 valence electrons. The monoisotopic (exact) mass is 280 g/mol. The third-order valence-electron chi connectivity index (χ3n) is 2.90. The predicted molar refractivity (Wildman–Crippen MR) is 75.0 cm³/mol. The lowest BCUT2D eigenvalue weighted by Gasteiger charge is -2.15. The molecular weight excluding hydrogens is 260 g/mol. The molecule has 0 saturated heterocycles. The molecule has 19 heavy (non-hydrogen) atoms. The number of rotatable bonds is 7. The Hall–Kier alpha value is -1.38. The largest absolute Gasteiger partial charge is 0.240 e. The maximum atomic E-state index is 12.2. The molecule has 1 rings (SSSR count). The Morgan fingerprint density at radius 1 is 1.32 bits per heavy atom. The first-order chi connectivity index (χ1) is 8.99. The van der Waals surface area contributed by atoms with Crippen molar-refractivity contribution in [2.24, 2.45) is 0 Å². The Morgan fingerprint density at radius 2 is 1.95 bits per heavy atom. The van der Waals surface area contributed by atoms with Gasteiger partial charge in [-0.25, -0.2) is 13.1 Å². The lowest BCUT2D eigenvalue weighted by Crippen LogP contribution is -2.34. The zero-order chi connectivity index (χ0) is 14.3. The highest BCUT2D eigenvalue weighted by atomic mass is 32.2.